The second kappa shape index (κ2) is 9.13. The Labute approximate surface area is 144 Å². The topological polar surface area (TPSA) is 30.5 Å². The van der Waals surface area contributed by atoms with Crippen molar-refractivity contribution in [3.63, 3.8) is 0 Å². The van der Waals surface area contributed by atoms with Gasteiger partial charge in [0, 0.05) is 13.1 Å². The summed E-state index contributed by atoms with van der Waals surface area (Å²) in [7, 11) is 1.67. The van der Waals surface area contributed by atoms with Crippen LogP contribution in [0.3, 0.4) is 0 Å². The monoisotopic (exact) mass is 419 g/mol. The van der Waals surface area contributed by atoms with Crippen molar-refractivity contribution in [2.75, 3.05) is 20.3 Å². The van der Waals surface area contributed by atoms with Crippen LogP contribution in [0.1, 0.15) is 37.7 Å². The molecule has 0 amide bonds. The Morgan fingerprint density at radius 1 is 1.14 bits per heavy atom. The molecule has 1 aromatic carbocycles. The fourth-order valence-electron chi connectivity index (χ4n) is 2.67. The first-order valence-electron chi connectivity index (χ1n) is 7.55. The lowest BCUT2D eigenvalue weighted by Gasteiger charge is -2.22. The average molecular weight is 421 g/mol. The first-order chi connectivity index (χ1) is 10.2. The molecule has 0 saturated heterocycles. The largest absolute Gasteiger partial charge is 0.494 e. The van der Waals surface area contributed by atoms with Crippen molar-refractivity contribution in [2.24, 2.45) is 0 Å². The Balaban J connectivity index is 1.68. The van der Waals surface area contributed by atoms with E-state index in [4.69, 9.17) is 9.47 Å². The first kappa shape index (κ1) is 17.3. The van der Waals surface area contributed by atoms with Gasteiger partial charge in [0.05, 0.1) is 28.8 Å². The third-order valence-electron chi connectivity index (χ3n) is 3.78. The SMILES string of the molecule is COc1c(Br)cc(CNCCOC2CCCCC2)cc1Br. The van der Waals surface area contributed by atoms with Crippen LogP contribution in [0.4, 0.5) is 0 Å². The highest BCUT2D eigenvalue weighted by molar-refractivity contribution is 9.11. The lowest BCUT2D eigenvalue weighted by atomic mass is 9.98. The highest BCUT2D eigenvalue weighted by Gasteiger charge is 2.13. The number of ether oxygens (including phenoxy) is 2. The fraction of sp³-hybridized carbons (Fsp3) is 0.625. The summed E-state index contributed by atoms with van der Waals surface area (Å²) in [5, 5.41) is 3.43. The summed E-state index contributed by atoms with van der Waals surface area (Å²) in [5.74, 6) is 0.833. The van der Waals surface area contributed by atoms with Crippen LogP contribution in [-0.4, -0.2) is 26.4 Å². The van der Waals surface area contributed by atoms with Crippen LogP contribution in [0.2, 0.25) is 0 Å². The summed E-state index contributed by atoms with van der Waals surface area (Å²) in [5.41, 5.74) is 1.22. The predicted octanol–water partition coefficient (Wildman–Crippen LogP) is 4.66. The van der Waals surface area contributed by atoms with Crippen LogP contribution in [0, 0.1) is 0 Å². The van der Waals surface area contributed by atoms with Gasteiger partial charge in [-0.15, -0.1) is 0 Å². The molecule has 1 aliphatic carbocycles. The molecule has 0 heterocycles. The molecule has 1 aromatic rings. The van der Waals surface area contributed by atoms with Crippen molar-refractivity contribution < 1.29 is 9.47 Å². The van der Waals surface area contributed by atoms with E-state index in [-0.39, 0.29) is 0 Å². The summed E-state index contributed by atoms with van der Waals surface area (Å²) in [6, 6.07) is 4.16. The zero-order valence-corrected chi connectivity index (χ0v) is 15.6. The fourth-order valence-corrected chi connectivity index (χ4v) is 4.28. The van der Waals surface area contributed by atoms with Crippen molar-refractivity contribution in [1.82, 2.24) is 5.32 Å². The molecule has 0 atom stereocenters. The molecule has 2 rings (SSSR count). The molecular weight excluding hydrogens is 398 g/mol. The molecule has 0 spiro atoms. The van der Waals surface area contributed by atoms with E-state index in [1.54, 1.807) is 7.11 Å². The molecule has 1 N–H and O–H groups in total. The van der Waals surface area contributed by atoms with Gasteiger partial charge >= 0.3 is 0 Å². The third kappa shape index (κ3) is 5.55. The van der Waals surface area contributed by atoms with Gasteiger partial charge in [-0.1, -0.05) is 19.3 Å². The Morgan fingerprint density at radius 2 is 1.81 bits per heavy atom. The van der Waals surface area contributed by atoms with E-state index in [2.05, 4.69) is 49.3 Å². The summed E-state index contributed by atoms with van der Waals surface area (Å²) < 4.78 is 13.1. The first-order valence-corrected chi connectivity index (χ1v) is 9.13. The Morgan fingerprint density at radius 3 is 2.43 bits per heavy atom. The lowest BCUT2D eigenvalue weighted by molar-refractivity contribution is 0.0302. The maximum absolute atomic E-state index is 5.90. The van der Waals surface area contributed by atoms with Crippen LogP contribution in [0.15, 0.2) is 21.1 Å². The highest BCUT2D eigenvalue weighted by atomic mass is 79.9. The summed E-state index contributed by atoms with van der Waals surface area (Å²) >= 11 is 7.05. The Bertz CT molecular complexity index is 425. The molecule has 1 fully saturated rings. The highest BCUT2D eigenvalue weighted by Crippen LogP contribution is 2.34. The van der Waals surface area contributed by atoms with Crippen molar-refractivity contribution in [3.05, 3.63) is 26.6 Å². The van der Waals surface area contributed by atoms with Gasteiger partial charge < -0.3 is 14.8 Å². The van der Waals surface area contributed by atoms with E-state index in [1.165, 1.54) is 37.7 Å². The van der Waals surface area contributed by atoms with Crippen molar-refractivity contribution in [2.45, 2.75) is 44.8 Å². The minimum absolute atomic E-state index is 0.491. The molecule has 0 bridgehead atoms. The van der Waals surface area contributed by atoms with Crippen LogP contribution in [0.5, 0.6) is 5.75 Å². The molecule has 118 valence electrons. The third-order valence-corrected chi connectivity index (χ3v) is 4.95. The zero-order valence-electron chi connectivity index (χ0n) is 12.5. The normalized spacial score (nSPS) is 16.1. The lowest BCUT2D eigenvalue weighted by Crippen LogP contribution is -2.24. The minimum Gasteiger partial charge on any atom is -0.494 e. The minimum atomic E-state index is 0.491. The number of benzene rings is 1. The second-order valence-corrected chi connectivity index (χ2v) is 7.11. The van der Waals surface area contributed by atoms with E-state index in [9.17, 15) is 0 Å². The van der Waals surface area contributed by atoms with Gasteiger partial charge in [0.1, 0.15) is 5.75 Å². The number of hydrogen-bond acceptors (Lipinski definition) is 3. The van der Waals surface area contributed by atoms with Crippen molar-refractivity contribution in [3.8, 4) is 5.75 Å². The maximum Gasteiger partial charge on any atom is 0.147 e. The van der Waals surface area contributed by atoms with E-state index in [1.807, 2.05) is 0 Å². The molecule has 3 nitrogen and oxygen atoms in total. The van der Waals surface area contributed by atoms with E-state index in [0.717, 1.165) is 34.4 Å². The summed E-state index contributed by atoms with van der Waals surface area (Å²) in [6.07, 6.45) is 6.98. The smallest absolute Gasteiger partial charge is 0.147 e. The number of methoxy groups -OCH3 is 1. The predicted molar refractivity (Wildman–Crippen MR) is 92.9 cm³/mol. The van der Waals surface area contributed by atoms with Gasteiger partial charge in [0.15, 0.2) is 0 Å². The molecule has 0 radical (unpaired) electrons. The molecule has 0 aliphatic heterocycles. The maximum atomic E-state index is 5.90. The second-order valence-electron chi connectivity index (χ2n) is 5.40. The summed E-state index contributed by atoms with van der Waals surface area (Å²) in [4.78, 5) is 0. The van der Waals surface area contributed by atoms with Gasteiger partial charge in [-0.2, -0.15) is 0 Å². The standard InChI is InChI=1S/C16H23Br2NO2/c1-20-16-14(17)9-12(10-15(16)18)11-19-7-8-21-13-5-3-2-4-6-13/h9-10,13,19H,2-8,11H2,1H3. The van der Waals surface area contributed by atoms with Crippen LogP contribution >= 0.6 is 31.9 Å². The van der Waals surface area contributed by atoms with E-state index in [0.29, 0.717) is 6.10 Å². The van der Waals surface area contributed by atoms with Crippen LogP contribution in [-0.2, 0) is 11.3 Å². The van der Waals surface area contributed by atoms with Crippen LogP contribution in [0.25, 0.3) is 0 Å². The molecule has 0 unspecified atom stereocenters. The molecular formula is C16H23Br2NO2. The number of nitrogens with one attached hydrogen (secondary N) is 1. The van der Waals surface area contributed by atoms with Gasteiger partial charge in [0.25, 0.3) is 0 Å². The van der Waals surface area contributed by atoms with Crippen molar-refractivity contribution >= 4 is 31.9 Å². The van der Waals surface area contributed by atoms with Crippen molar-refractivity contribution in [1.29, 1.82) is 0 Å². The van der Waals surface area contributed by atoms with Gasteiger partial charge in [-0.25, -0.2) is 0 Å². The van der Waals surface area contributed by atoms with Gasteiger partial charge in [-0.3, -0.25) is 0 Å². The molecule has 1 saturated carbocycles. The number of halogens is 2. The van der Waals surface area contributed by atoms with Crippen LogP contribution < -0.4 is 10.1 Å². The van der Waals surface area contributed by atoms with Gasteiger partial charge in [0.2, 0.25) is 0 Å². The molecule has 1 aliphatic rings. The zero-order chi connectivity index (χ0) is 15.1. The van der Waals surface area contributed by atoms with Gasteiger partial charge in [-0.05, 0) is 62.4 Å². The molecule has 21 heavy (non-hydrogen) atoms. The molecule has 5 heteroatoms. The Kier molecular flexibility index (Phi) is 7.50. The molecule has 0 aromatic heterocycles. The van der Waals surface area contributed by atoms with E-state index < -0.39 is 0 Å². The quantitative estimate of drug-likeness (QED) is 0.650. The average Bonchev–Trinajstić information content (AvgIpc) is 2.48. The number of rotatable bonds is 7. The van der Waals surface area contributed by atoms with E-state index >= 15 is 0 Å². The summed E-state index contributed by atoms with van der Waals surface area (Å²) in [6.45, 7) is 2.51. The Hall–Kier alpha value is -0.100. The number of hydrogen-bond donors (Lipinski definition) is 1.